The van der Waals surface area contributed by atoms with E-state index in [0.29, 0.717) is 11.7 Å². The SMILES string of the molecule is Cc1ccccc1NC(=S)N(C)Cc1ccc(C(F)(F)F)cc1. The second-order valence-electron chi connectivity index (χ2n) is 5.30. The molecule has 122 valence electrons. The molecule has 0 unspecified atom stereocenters. The molecule has 0 amide bonds. The Morgan fingerprint density at radius 2 is 1.70 bits per heavy atom. The summed E-state index contributed by atoms with van der Waals surface area (Å²) in [5, 5.41) is 3.66. The molecular weight excluding hydrogens is 321 g/mol. The maximum Gasteiger partial charge on any atom is 0.416 e. The lowest BCUT2D eigenvalue weighted by atomic mass is 10.1. The summed E-state index contributed by atoms with van der Waals surface area (Å²) < 4.78 is 37.6. The molecule has 2 aromatic rings. The molecule has 0 bridgehead atoms. The van der Waals surface area contributed by atoms with E-state index in [2.05, 4.69) is 5.32 Å². The van der Waals surface area contributed by atoms with Gasteiger partial charge in [0.1, 0.15) is 0 Å². The monoisotopic (exact) mass is 338 g/mol. The van der Waals surface area contributed by atoms with Crippen LogP contribution in [-0.4, -0.2) is 17.1 Å². The maximum absolute atomic E-state index is 12.5. The van der Waals surface area contributed by atoms with Crippen LogP contribution in [0.3, 0.4) is 0 Å². The Labute approximate surface area is 138 Å². The van der Waals surface area contributed by atoms with E-state index in [4.69, 9.17) is 12.2 Å². The molecule has 2 rings (SSSR count). The quantitative estimate of drug-likeness (QED) is 0.806. The molecular formula is C17H17F3N2S. The van der Waals surface area contributed by atoms with Crippen molar-refractivity contribution in [2.24, 2.45) is 0 Å². The second-order valence-corrected chi connectivity index (χ2v) is 5.68. The number of alkyl halides is 3. The van der Waals surface area contributed by atoms with Crippen molar-refractivity contribution in [3.63, 3.8) is 0 Å². The van der Waals surface area contributed by atoms with Crippen LogP contribution in [0, 0.1) is 6.92 Å². The van der Waals surface area contributed by atoms with Crippen molar-refractivity contribution >= 4 is 23.0 Å². The lowest BCUT2D eigenvalue weighted by Gasteiger charge is -2.22. The van der Waals surface area contributed by atoms with E-state index in [0.717, 1.165) is 28.9 Å². The molecule has 1 N–H and O–H groups in total. The van der Waals surface area contributed by atoms with Crippen LogP contribution < -0.4 is 5.32 Å². The van der Waals surface area contributed by atoms with Gasteiger partial charge in [-0.05, 0) is 48.5 Å². The Morgan fingerprint density at radius 1 is 1.09 bits per heavy atom. The van der Waals surface area contributed by atoms with Gasteiger partial charge in [0.2, 0.25) is 0 Å². The number of benzene rings is 2. The van der Waals surface area contributed by atoms with E-state index < -0.39 is 11.7 Å². The Kier molecular flexibility index (Phi) is 5.26. The number of aryl methyl sites for hydroxylation is 1. The van der Waals surface area contributed by atoms with Crippen molar-refractivity contribution in [2.45, 2.75) is 19.6 Å². The Hall–Kier alpha value is -2.08. The van der Waals surface area contributed by atoms with Gasteiger partial charge >= 0.3 is 6.18 Å². The number of nitrogens with zero attached hydrogens (tertiary/aromatic N) is 1. The summed E-state index contributed by atoms with van der Waals surface area (Å²) in [5.41, 5.74) is 2.09. The molecule has 0 aliphatic carbocycles. The van der Waals surface area contributed by atoms with Crippen LogP contribution in [-0.2, 0) is 12.7 Å². The summed E-state index contributed by atoms with van der Waals surface area (Å²) in [6.07, 6.45) is -4.31. The number of rotatable bonds is 3. The highest BCUT2D eigenvalue weighted by atomic mass is 32.1. The first-order chi connectivity index (χ1) is 10.8. The van der Waals surface area contributed by atoms with Crippen LogP contribution >= 0.6 is 12.2 Å². The third-order valence-corrected chi connectivity index (χ3v) is 3.85. The van der Waals surface area contributed by atoms with E-state index in [-0.39, 0.29) is 0 Å². The van der Waals surface area contributed by atoms with Crippen LogP contribution in [0.15, 0.2) is 48.5 Å². The van der Waals surface area contributed by atoms with Gasteiger partial charge in [-0.2, -0.15) is 13.2 Å². The Morgan fingerprint density at radius 3 is 2.26 bits per heavy atom. The fourth-order valence-corrected chi connectivity index (χ4v) is 2.24. The van der Waals surface area contributed by atoms with Gasteiger partial charge in [0.15, 0.2) is 5.11 Å². The lowest BCUT2D eigenvalue weighted by molar-refractivity contribution is -0.137. The molecule has 2 aromatic carbocycles. The number of hydrogen-bond acceptors (Lipinski definition) is 1. The van der Waals surface area contributed by atoms with Gasteiger partial charge in [-0.25, -0.2) is 0 Å². The van der Waals surface area contributed by atoms with Crippen LogP contribution in [0.2, 0.25) is 0 Å². The molecule has 0 saturated heterocycles. The zero-order valence-corrected chi connectivity index (χ0v) is 13.6. The van der Waals surface area contributed by atoms with Gasteiger partial charge in [0.05, 0.1) is 5.56 Å². The van der Waals surface area contributed by atoms with E-state index in [1.807, 2.05) is 31.2 Å². The normalized spacial score (nSPS) is 11.2. The first-order valence-corrected chi connectivity index (χ1v) is 7.42. The molecule has 23 heavy (non-hydrogen) atoms. The highest BCUT2D eigenvalue weighted by Gasteiger charge is 2.29. The minimum Gasteiger partial charge on any atom is -0.348 e. The summed E-state index contributed by atoms with van der Waals surface area (Å²) in [6.45, 7) is 2.40. The van der Waals surface area contributed by atoms with Crippen molar-refractivity contribution in [3.8, 4) is 0 Å². The van der Waals surface area contributed by atoms with E-state index in [1.54, 1.807) is 11.9 Å². The van der Waals surface area contributed by atoms with Crippen molar-refractivity contribution in [3.05, 3.63) is 65.2 Å². The predicted molar refractivity (Wildman–Crippen MR) is 90.3 cm³/mol. The number of hydrogen-bond donors (Lipinski definition) is 1. The minimum absolute atomic E-state index is 0.426. The standard InChI is InChI=1S/C17H17F3N2S/c1-12-5-3-4-6-15(12)21-16(23)22(2)11-13-7-9-14(10-8-13)17(18,19)20/h3-10H,11H2,1-2H3,(H,21,23). The van der Waals surface area contributed by atoms with Gasteiger partial charge < -0.3 is 10.2 Å². The summed E-state index contributed by atoms with van der Waals surface area (Å²) in [4.78, 5) is 1.78. The van der Waals surface area contributed by atoms with Crippen molar-refractivity contribution in [2.75, 3.05) is 12.4 Å². The van der Waals surface area contributed by atoms with Gasteiger partial charge in [0, 0.05) is 19.3 Å². The predicted octanol–water partition coefficient (Wildman–Crippen LogP) is 4.84. The number of nitrogens with one attached hydrogen (secondary N) is 1. The van der Waals surface area contributed by atoms with Crippen molar-refractivity contribution < 1.29 is 13.2 Å². The van der Waals surface area contributed by atoms with Crippen molar-refractivity contribution in [1.29, 1.82) is 0 Å². The average Bonchev–Trinajstić information content (AvgIpc) is 2.49. The molecule has 2 nitrogen and oxygen atoms in total. The molecule has 0 saturated carbocycles. The molecule has 0 spiro atoms. The van der Waals surface area contributed by atoms with Gasteiger partial charge in [-0.1, -0.05) is 30.3 Å². The van der Waals surface area contributed by atoms with Crippen LogP contribution in [0.4, 0.5) is 18.9 Å². The Balaban J connectivity index is 2.00. The van der Waals surface area contributed by atoms with E-state index in [9.17, 15) is 13.2 Å². The van der Waals surface area contributed by atoms with E-state index >= 15 is 0 Å². The highest BCUT2D eigenvalue weighted by molar-refractivity contribution is 7.80. The van der Waals surface area contributed by atoms with Crippen molar-refractivity contribution in [1.82, 2.24) is 4.90 Å². The molecule has 0 aliphatic heterocycles. The zero-order valence-electron chi connectivity index (χ0n) is 12.8. The fourth-order valence-electron chi connectivity index (χ4n) is 2.07. The molecule has 0 aromatic heterocycles. The highest BCUT2D eigenvalue weighted by Crippen LogP contribution is 2.29. The largest absolute Gasteiger partial charge is 0.416 e. The van der Waals surface area contributed by atoms with Gasteiger partial charge in [-0.3, -0.25) is 0 Å². The van der Waals surface area contributed by atoms with E-state index in [1.165, 1.54) is 12.1 Å². The Bertz CT molecular complexity index is 681. The lowest BCUT2D eigenvalue weighted by Crippen LogP contribution is -2.30. The van der Waals surface area contributed by atoms with Crippen LogP contribution in [0.25, 0.3) is 0 Å². The number of para-hydroxylation sites is 1. The number of halogens is 3. The zero-order chi connectivity index (χ0) is 17.0. The summed E-state index contributed by atoms with van der Waals surface area (Å²) >= 11 is 5.34. The number of thiocarbonyl (C=S) groups is 1. The molecule has 0 atom stereocenters. The van der Waals surface area contributed by atoms with Crippen LogP contribution in [0.1, 0.15) is 16.7 Å². The average molecular weight is 338 g/mol. The minimum atomic E-state index is -4.31. The molecule has 0 heterocycles. The fraction of sp³-hybridized carbons (Fsp3) is 0.235. The summed E-state index contributed by atoms with van der Waals surface area (Å²) in [7, 11) is 1.80. The summed E-state index contributed by atoms with van der Waals surface area (Å²) in [5.74, 6) is 0. The number of anilines is 1. The van der Waals surface area contributed by atoms with Gasteiger partial charge in [0.25, 0.3) is 0 Å². The molecule has 6 heteroatoms. The first kappa shape index (κ1) is 17.3. The first-order valence-electron chi connectivity index (χ1n) is 7.01. The topological polar surface area (TPSA) is 15.3 Å². The van der Waals surface area contributed by atoms with Gasteiger partial charge in [-0.15, -0.1) is 0 Å². The molecule has 0 fully saturated rings. The third kappa shape index (κ3) is 4.69. The smallest absolute Gasteiger partial charge is 0.348 e. The molecule has 0 radical (unpaired) electrons. The second kappa shape index (κ2) is 7.00. The van der Waals surface area contributed by atoms with Crippen LogP contribution in [0.5, 0.6) is 0 Å². The summed E-state index contributed by atoms with van der Waals surface area (Å²) in [6, 6.07) is 12.9. The third-order valence-electron chi connectivity index (χ3n) is 3.43. The molecule has 0 aliphatic rings. The maximum atomic E-state index is 12.5.